The van der Waals surface area contributed by atoms with Crippen molar-refractivity contribution < 1.29 is 4.79 Å². The third-order valence-corrected chi connectivity index (χ3v) is 9.45. The van der Waals surface area contributed by atoms with E-state index >= 15 is 0 Å². The Hall–Kier alpha value is -3.13. The molecule has 2 aliphatic rings. The van der Waals surface area contributed by atoms with Crippen LogP contribution in [-0.4, -0.2) is 43.0 Å². The summed E-state index contributed by atoms with van der Waals surface area (Å²) in [5.41, 5.74) is 15.3. The number of pyridine rings is 1. The zero-order valence-corrected chi connectivity index (χ0v) is 21.8. The van der Waals surface area contributed by atoms with Gasteiger partial charge in [-0.15, -0.1) is 11.3 Å². The monoisotopic (exact) mass is 488 g/mol. The Labute approximate surface area is 209 Å². The number of carbonyl (C=O) groups is 1. The number of hydrogen-bond donors (Lipinski definition) is 2. The molecule has 4 aromatic heterocycles. The number of aryl methyl sites for hydroxylation is 2. The van der Waals surface area contributed by atoms with Crippen LogP contribution in [0.25, 0.3) is 27.1 Å². The molecule has 3 N–H and O–H groups in total. The highest BCUT2D eigenvalue weighted by molar-refractivity contribution is 7.19. The van der Waals surface area contributed by atoms with Crippen molar-refractivity contribution in [3.8, 4) is 11.3 Å². The number of aromatic amines is 1. The molecule has 0 saturated carbocycles. The molecule has 2 atom stereocenters. The summed E-state index contributed by atoms with van der Waals surface area (Å²) in [6.45, 7) is 11.5. The quantitative estimate of drug-likeness (QED) is 0.398. The van der Waals surface area contributed by atoms with E-state index in [1.54, 1.807) is 6.33 Å². The van der Waals surface area contributed by atoms with E-state index in [-0.39, 0.29) is 5.91 Å². The molecule has 0 aliphatic carbocycles. The van der Waals surface area contributed by atoms with Crippen LogP contribution in [0.5, 0.6) is 0 Å². The lowest BCUT2D eigenvalue weighted by atomic mass is 9.87. The van der Waals surface area contributed by atoms with E-state index in [2.05, 4.69) is 66.9 Å². The van der Waals surface area contributed by atoms with Crippen LogP contribution in [-0.2, 0) is 4.79 Å². The van der Waals surface area contributed by atoms with Gasteiger partial charge in [0.1, 0.15) is 11.2 Å². The van der Waals surface area contributed by atoms with Crippen LogP contribution in [0.4, 0.5) is 0 Å². The predicted octanol–water partition coefficient (Wildman–Crippen LogP) is 5.31. The standard InChI is InChI=1S/C27H32N6OS/c1-13(2)22-23-16(5)25(17-8-18-6-7-19(9-17)32(18)11-21(28)34)35-27(23)31-24(22)20-10-33-26(29-12-30-33)15(4)14(20)3/h6,10,12-13,17,19,31H,7-9,11H2,1-5H3,(H2,28,34)/t17-,19+/m0/s1. The molecule has 7 nitrogen and oxygen atoms in total. The van der Waals surface area contributed by atoms with E-state index in [9.17, 15) is 4.79 Å². The van der Waals surface area contributed by atoms with Crippen LogP contribution in [0.15, 0.2) is 24.3 Å². The van der Waals surface area contributed by atoms with Crippen LogP contribution in [0.1, 0.15) is 72.1 Å². The highest BCUT2D eigenvalue weighted by Gasteiger charge is 2.38. The van der Waals surface area contributed by atoms with E-state index in [4.69, 9.17) is 5.73 Å². The van der Waals surface area contributed by atoms with Crippen molar-refractivity contribution in [3.05, 3.63) is 51.4 Å². The number of primary amides is 1. The molecule has 0 aromatic carbocycles. The van der Waals surface area contributed by atoms with Gasteiger partial charge in [-0.1, -0.05) is 19.9 Å². The Morgan fingerprint density at radius 3 is 2.77 bits per heavy atom. The highest BCUT2D eigenvalue weighted by atomic mass is 32.1. The van der Waals surface area contributed by atoms with E-state index < -0.39 is 0 Å². The zero-order valence-electron chi connectivity index (χ0n) is 21.0. The van der Waals surface area contributed by atoms with Crippen LogP contribution in [0, 0.1) is 20.8 Å². The lowest BCUT2D eigenvalue weighted by Crippen LogP contribution is -2.41. The second kappa shape index (κ2) is 7.95. The first-order valence-corrected chi connectivity index (χ1v) is 13.2. The Morgan fingerprint density at radius 1 is 1.26 bits per heavy atom. The zero-order chi connectivity index (χ0) is 24.6. The Morgan fingerprint density at radius 2 is 2.06 bits per heavy atom. The molecule has 6 heterocycles. The molecule has 4 aromatic rings. The first kappa shape index (κ1) is 22.3. The third kappa shape index (κ3) is 3.33. The smallest absolute Gasteiger partial charge is 0.236 e. The Bertz CT molecular complexity index is 1520. The fourth-order valence-corrected chi connectivity index (χ4v) is 7.66. The highest BCUT2D eigenvalue weighted by Crippen LogP contribution is 2.49. The summed E-state index contributed by atoms with van der Waals surface area (Å²) in [4.78, 5) is 24.8. The van der Waals surface area contributed by atoms with Gasteiger partial charge in [0.15, 0.2) is 5.65 Å². The van der Waals surface area contributed by atoms with Gasteiger partial charge in [-0.25, -0.2) is 9.50 Å². The maximum atomic E-state index is 11.6. The molecular weight excluding hydrogens is 456 g/mol. The maximum Gasteiger partial charge on any atom is 0.236 e. The molecule has 0 spiro atoms. The molecule has 6 rings (SSSR count). The number of nitrogens with two attached hydrogens (primary N) is 1. The summed E-state index contributed by atoms with van der Waals surface area (Å²) in [6, 6.07) is 0.385. The van der Waals surface area contributed by atoms with Crippen LogP contribution in [0.3, 0.4) is 0 Å². The Balaban J connectivity index is 1.43. The molecule has 0 radical (unpaired) electrons. The van der Waals surface area contributed by atoms with Gasteiger partial charge in [0.05, 0.1) is 12.2 Å². The fourth-order valence-electron chi connectivity index (χ4n) is 6.32. The van der Waals surface area contributed by atoms with Gasteiger partial charge in [0.25, 0.3) is 0 Å². The number of rotatable bonds is 5. The van der Waals surface area contributed by atoms with Crippen LogP contribution < -0.4 is 5.73 Å². The van der Waals surface area contributed by atoms with Gasteiger partial charge in [0, 0.05) is 39.7 Å². The van der Waals surface area contributed by atoms with Crippen LogP contribution >= 0.6 is 11.3 Å². The molecule has 2 bridgehead atoms. The molecule has 8 heteroatoms. The topological polar surface area (TPSA) is 92.3 Å². The SMILES string of the molecule is Cc1c(-c2[nH]c3sc([C@H]4CC5=CC[C@H](C4)N5CC(N)=O)c(C)c3c2C(C)C)cn2ncnc2c1C. The number of thiophene rings is 1. The van der Waals surface area contributed by atoms with Crippen molar-refractivity contribution in [2.24, 2.45) is 5.73 Å². The number of piperidine rings is 1. The van der Waals surface area contributed by atoms with Crippen molar-refractivity contribution >= 4 is 33.1 Å². The summed E-state index contributed by atoms with van der Waals surface area (Å²) < 4.78 is 1.89. The van der Waals surface area contributed by atoms with Gasteiger partial charge in [-0.05, 0) is 68.2 Å². The number of amides is 1. The summed E-state index contributed by atoms with van der Waals surface area (Å²) in [5.74, 6) is 0.621. The number of allylic oxidation sites excluding steroid dienone is 1. The molecule has 2 aliphatic heterocycles. The minimum Gasteiger partial charge on any atom is -0.368 e. The van der Waals surface area contributed by atoms with Gasteiger partial charge < -0.3 is 15.6 Å². The first-order chi connectivity index (χ1) is 16.7. The number of nitrogens with zero attached hydrogens (tertiary/aromatic N) is 4. The number of H-pyrrole nitrogens is 1. The minimum atomic E-state index is -0.245. The number of nitrogens with one attached hydrogen (secondary N) is 1. The molecule has 35 heavy (non-hydrogen) atoms. The van der Waals surface area contributed by atoms with Gasteiger partial charge in [-0.3, -0.25) is 4.79 Å². The van der Waals surface area contributed by atoms with Crippen molar-refractivity contribution in [3.63, 3.8) is 0 Å². The number of hydrogen-bond acceptors (Lipinski definition) is 5. The number of fused-ring (bicyclic) bond motifs is 4. The van der Waals surface area contributed by atoms with Crippen molar-refractivity contribution in [1.29, 1.82) is 0 Å². The minimum absolute atomic E-state index is 0.245. The maximum absolute atomic E-state index is 11.6. The average molecular weight is 489 g/mol. The summed E-state index contributed by atoms with van der Waals surface area (Å²) in [6.07, 6.45) is 9.12. The van der Waals surface area contributed by atoms with E-state index in [0.29, 0.717) is 24.4 Å². The normalized spacial score (nSPS) is 19.9. The predicted molar refractivity (Wildman–Crippen MR) is 141 cm³/mol. The second-order valence-corrected chi connectivity index (χ2v) is 11.6. The van der Waals surface area contributed by atoms with Crippen molar-refractivity contribution in [1.82, 2.24) is 24.5 Å². The molecule has 182 valence electrons. The molecule has 1 amide bonds. The van der Waals surface area contributed by atoms with Gasteiger partial charge in [0.2, 0.25) is 5.91 Å². The summed E-state index contributed by atoms with van der Waals surface area (Å²) in [7, 11) is 0. The van der Waals surface area contributed by atoms with Crippen molar-refractivity contribution in [2.45, 2.75) is 71.8 Å². The summed E-state index contributed by atoms with van der Waals surface area (Å²) >= 11 is 1.91. The van der Waals surface area contributed by atoms with Crippen molar-refractivity contribution in [2.75, 3.05) is 6.54 Å². The largest absolute Gasteiger partial charge is 0.368 e. The Kier molecular flexibility index (Phi) is 5.07. The van der Waals surface area contributed by atoms with E-state index in [1.165, 1.54) is 48.7 Å². The third-order valence-electron chi connectivity index (χ3n) is 8.08. The summed E-state index contributed by atoms with van der Waals surface area (Å²) in [5, 5.41) is 5.80. The number of aromatic nitrogens is 4. The second-order valence-electron chi connectivity index (χ2n) is 10.5. The van der Waals surface area contributed by atoms with E-state index in [0.717, 1.165) is 30.5 Å². The molecule has 1 fully saturated rings. The fraction of sp³-hybridized carbons (Fsp3) is 0.444. The van der Waals surface area contributed by atoms with Crippen LogP contribution in [0.2, 0.25) is 0 Å². The average Bonchev–Trinajstić information content (AvgIpc) is 3.53. The first-order valence-electron chi connectivity index (χ1n) is 12.4. The molecular formula is C27H32N6OS. The molecule has 1 saturated heterocycles. The van der Waals surface area contributed by atoms with Gasteiger partial charge in [-0.2, -0.15) is 5.10 Å². The lowest BCUT2D eigenvalue weighted by Gasteiger charge is -2.37. The van der Waals surface area contributed by atoms with Gasteiger partial charge >= 0.3 is 0 Å². The number of carbonyl (C=O) groups excluding carboxylic acids is 1. The lowest BCUT2D eigenvalue weighted by molar-refractivity contribution is -0.119. The van der Waals surface area contributed by atoms with E-state index in [1.807, 2.05) is 15.9 Å². The molecule has 0 unspecified atom stereocenters.